The number of rotatable bonds is 5. The van der Waals surface area contributed by atoms with Gasteiger partial charge >= 0.3 is 0 Å². The number of nitrogens with one attached hydrogen (secondary N) is 1. The maximum Gasteiger partial charge on any atom is 0.257 e. The average Bonchev–Trinajstić information content (AvgIpc) is 2.68. The van der Waals surface area contributed by atoms with Crippen LogP contribution in [-0.2, 0) is 0 Å². The minimum atomic E-state index is 0.0243. The van der Waals surface area contributed by atoms with Gasteiger partial charge in [0.25, 0.3) is 5.91 Å². The number of amides is 1. The minimum Gasteiger partial charge on any atom is -0.495 e. The third-order valence-corrected chi connectivity index (χ3v) is 4.86. The Morgan fingerprint density at radius 3 is 2.77 bits per heavy atom. The Kier molecular flexibility index (Phi) is 5.71. The van der Waals surface area contributed by atoms with E-state index in [1.807, 2.05) is 30.0 Å². The lowest BCUT2D eigenvalue weighted by Gasteiger charge is -2.35. The molecule has 2 aromatic rings. The average molecular weight is 354 g/mol. The van der Waals surface area contributed by atoms with Crippen LogP contribution in [0.15, 0.2) is 30.6 Å². The quantitative estimate of drug-likeness (QED) is 0.881. The molecule has 6 nitrogen and oxygen atoms in total. The van der Waals surface area contributed by atoms with Crippen LogP contribution >= 0.6 is 0 Å². The molecule has 1 saturated heterocycles. The number of carbonyl (C=O) groups excluding carboxylic acids is 1. The summed E-state index contributed by atoms with van der Waals surface area (Å²) >= 11 is 0. The van der Waals surface area contributed by atoms with Crippen molar-refractivity contribution in [1.82, 2.24) is 14.9 Å². The summed E-state index contributed by atoms with van der Waals surface area (Å²) in [5.41, 5.74) is 2.44. The smallest absolute Gasteiger partial charge is 0.257 e. The van der Waals surface area contributed by atoms with Crippen molar-refractivity contribution in [3.05, 3.63) is 41.7 Å². The molecule has 2 heterocycles. The van der Waals surface area contributed by atoms with E-state index in [2.05, 4.69) is 22.2 Å². The molecular formula is C20H26N4O2. The van der Waals surface area contributed by atoms with E-state index in [1.165, 1.54) is 6.42 Å². The van der Waals surface area contributed by atoms with E-state index < -0.39 is 0 Å². The number of likely N-dealkylation sites (tertiary alicyclic amines) is 1. The number of ether oxygens (including phenoxy) is 1. The molecule has 0 saturated carbocycles. The highest BCUT2D eigenvalue weighted by atomic mass is 16.5. The molecule has 1 unspecified atom stereocenters. The zero-order valence-electron chi connectivity index (χ0n) is 15.7. The van der Waals surface area contributed by atoms with Gasteiger partial charge < -0.3 is 15.0 Å². The summed E-state index contributed by atoms with van der Waals surface area (Å²) in [6.45, 7) is 4.96. The van der Waals surface area contributed by atoms with E-state index >= 15 is 0 Å². The summed E-state index contributed by atoms with van der Waals surface area (Å²) in [6, 6.07) is 6.18. The highest BCUT2D eigenvalue weighted by molar-refractivity contribution is 5.94. The number of hydrogen-bond acceptors (Lipinski definition) is 5. The topological polar surface area (TPSA) is 67.4 Å². The van der Waals surface area contributed by atoms with Crippen molar-refractivity contribution in [1.29, 1.82) is 0 Å². The van der Waals surface area contributed by atoms with Crippen molar-refractivity contribution in [2.45, 2.75) is 45.6 Å². The second-order valence-electron chi connectivity index (χ2n) is 6.68. The van der Waals surface area contributed by atoms with Gasteiger partial charge in [0.1, 0.15) is 5.75 Å². The molecule has 138 valence electrons. The van der Waals surface area contributed by atoms with Gasteiger partial charge in [-0.3, -0.25) is 4.79 Å². The fraction of sp³-hybridized carbons (Fsp3) is 0.450. The Morgan fingerprint density at radius 2 is 2.08 bits per heavy atom. The van der Waals surface area contributed by atoms with Crippen LogP contribution in [0.5, 0.6) is 5.75 Å². The SMILES string of the molecule is CCC1CCCCN1C(=O)c1cnc(Nc2cc(C)ccc2OC)nc1. The van der Waals surface area contributed by atoms with Gasteiger partial charge in [-0.2, -0.15) is 0 Å². The van der Waals surface area contributed by atoms with Gasteiger partial charge in [-0.25, -0.2) is 9.97 Å². The number of methoxy groups -OCH3 is 1. The molecule has 1 aromatic heterocycles. The van der Waals surface area contributed by atoms with Crippen LogP contribution in [0, 0.1) is 6.92 Å². The molecule has 1 N–H and O–H groups in total. The summed E-state index contributed by atoms with van der Waals surface area (Å²) < 4.78 is 5.36. The summed E-state index contributed by atoms with van der Waals surface area (Å²) in [5, 5.41) is 3.16. The molecule has 6 heteroatoms. The summed E-state index contributed by atoms with van der Waals surface area (Å²) in [6.07, 6.45) is 7.52. The lowest BCUT2D eigenvalue weighted by Crippen LogP contribution is -2.43. The molecule has 0 spiro atoms. The predicted molar refractivity (Wildman–Crippen MR) is 102 cm³/mol. The second-order valence-corrected chi connectivity index (χ2v) is 6.68. The molecule has 0 radical (unpaired) electrons. The van der Waals surface area contributed by atoms with Crippen LogP contribution in [0.3, 0.4) is 0 Å². The van der Waals surface area contributed by atoms with Crippen molar-refractivity contribution >= 4 is 17.5 Å². The first kappa shape index (κ1) is 18.2. The van der Waals surface area contributed by atoms with Crippen molar-refractivity contribution in [3.63, 3.8) is 0 Å². The van der Waals surface area contributed by atoms with Crippen LogP contribution < -0.4 is 10.1 Å². The van der Waals surface area contributed by atoms with Gasteiger partial charge in [-0.15, -0.1) is 0 Å². The maximum atomic E-state index is 12.8. The van der Waals surface area contributed by atoms with Gasteiger partial charge in [-0.05, 0) is 50.3 Å². The van der Waals surface area contributed by atoms with Crippen molar-refractivity contribution in [2.24, 2.45) is 0 Å². The highest BCUT2D eigenvalue weighted by Crippen LogP contribution is 2.27. The molecule has 0 bridgehead atoms. The molecule has 1 atom stereocenters. The van der Waals surface area contributed by atoms with Crippen LogP contribution in [0.1, 0.15) is 48.5 Å². The Balaban J connectivity index is 1.74. The van der Waals surface area contributed by atoms with E-state index in [9.17, 15) is 4.79 Å². The number of aryl methyl sites for hydroxylation is 1. The first-order valence-electron chi connectivity index (χ1n) is 9.17. The Hall–Kier alpha value is -2.63. The minimum absolute atomic E-state index is 0.0243. The van der Waals surface area contributed by atoms with Crippen LogP contribution in [0.4, 0.5) is 11.6 Å². The van der Waals surface area contributed by atoms with E-state index in [-0.39, 0.29) is 5.91 Å². The number of anilines is 2. The monoisotopic (exact) mass is 354 g/mol. The zero-order valence-corrected chi connectivity index (χ0v) is 15.7. The molecule has 1 aromatic carbocycles. The van der Waals surface area contributed by atoms with Crippen molar-refractivity contribution in [2.75, 3.05) is 19.0 Å². The highest BCUT2D eigenvalue weighted by Gasteiger charge is 2.26. The van der Waals surface area contributed by atoms with Crippen LogP contribution in [-0.4, -0.2) is 40.5 Å². The van der Waals surface area contributed by atoms with Gasteiger partial charge in [-0.1, -0.05) is 13.0 Å². The summed E-state index contributed by atoms with van der Waals surface area (Å²) in [5.74, 6) is 1.19. The van der Waals surface area contributed by atoms with E-state index in [0.29, 0.717) is 17.6 Å². The molecular weight excluding hydrogens is 328 g/mol. The van der Waals surface area contributed by atoms with E-state index in [4.69, 9.17) is 4.74 Å². The third kappa shape index (κ3) is 3.95. The second kappa shape index (κ2) is 8.17. The third-order valence-electron chi connectivity index (χ3n) is 4.86. The zero-order chi connectivity index (χ0) is 18.5. The summed E-state index contributed by atoms with van der Waals surface area (Å²) in [7, 11) is 1.63. The lowest BCUT2D eigenvalue weighted by atomic mass is 9.99. The number of hydrogen-bond donors (Lipinski definition) is 1. The molecule has 1 aliphatic heterocycles. The molecule has 1 amide bonds. The number of carbonyl (C=O) groups is 1. The van der Waals surface area contributed by atoms with Gasteiger partial charge in [0, 0.05) is 25.0 Å². The maximum absolute atomic E-state index is 12.8. The van der Waals surface area contributed by atoms with Crippen LogP contribution in [0.25, 0.3) is 0 Å². The molecule has 0 aliphatic carbocycles. The number of piperidine rings is 1. The van der Waals surface area contributed by atoms with Gasteiger partial charge in [0.05, 0.1) is 18.4 Å². The predicted octanol–water partition coefficient (Wildman–Crippen LogP) is 3.94. The van der Waals surface area contributed by atoms with Crippen LogP contribution in [0.2, 0.25) is 0 Å². The molecule has 1 fully saturated rings. The first-order valence-corrected chi connectivity index (χ1v) is 9.17. The normalized spacial score (nSPS) is 17.0. The Morgan fingerprint density at radius 1 is 1.31 bits per heavy atom. The van der Waals surface area contributed by atoms with Gasteiger partial charge in [0.15, 0.2) is 0 Å². The standard InChI is InChI=1S/C20H26N4O2/c1-4-16-7-5-6-10-24(16)19(25)15-12-21-20(22-13-15)23-17-11-14(2)8-9-18(17)26-3/h8-9,11-13,16H,4-7,10H2,1-3H3,(H,21,22,23). The lowest BCUT2D eigenvalue weighted by molar-refractivity contribution is 0.0607. The first-order chi connectivity index (χ1) is 12.6. The Labute approximate surface area is 154 Å². The summed E-state index contributed by atoms with van der Waals surface area (Å²) in [4.78, 5) is 23.4. The fourth-order valence-corrected chi connectivity index (χ4v) is 3.40. The number of benzene rings is 1. The Bertz CT molecular complexity index is 761. The van der Waals surface area contributed by atoms with E-state index in [1.54, 1.807) is 19.5 Å². The number of nitrogens with zero attached hydrogens (tertiary/aromatic N) is 3. The molecule has 26 heavy (non-hydrogen) atoms. The van der Waals surface area contributed by atoms with Gasteiger partial charge in [0.2, 0.25) is 5.95 Å². The van der Waals surface area contributed by atoms with Crippen molar-refractivity contribution in [3.8, 4) is 5.75 Å². The molecule has 3 rings (SSSR count). The fourth-order valence-electron chi connectivity index (χ4n) is 3.40. The molecule has 1 aliphatic rings. The largest absolute Gasteiger partial charge is 0.495 e. The number of aromatic nitrogens is 2. The van der Waals surface area contributed by atoms with E-state index in [0.717, 1.165) is 42.8 Å². The van der Waals surface area contributed by atoms with Crippen molar-refractivity contribution < 1.29 is 9.53 Å².